The third-order valence-electron chi connectivity index (χ3n) is 1.88. The van der Waals surface area contributed by atoms with Crippen LogP contribution in [0.5, 0.6) is 0 Å². The molecule has 0 aromatic rings. The van der Waals surface area contributed by atoms with Gasteiger partial charge in [0, 0.05) is 5.92 Å². The molecular formula is C10H22N+. The van der Waals surface area contributed by atoms with Crippen molar-refractivity contribution in [1.82, 2.24) is 0 Å². The lowest BCUT2D eigenvalue weighted by Gasteiger charge is -2.28. The van der Waals surface area contributed by atoms with Crippen molar-refractivity contribution >= 4 is 0 Å². The Hall–Kier alpha value is -0.300. The number of hydrogen-bond acceptors (Lipinski definition) is 0. The van der Waals surface area contributed by atoms with Crippen molar-refractivity contribution in [2.45, 2.75) is 19.8 Å². The van der Waals surface area contributed by atoms with Crippen LogP contribution in [0.2, 0.25) is 0 Å². The number of hydrogen-bond donors (Lipinski definition) is 0. The van der Waals surface area contributed by atoms with Crippen molar-refractivity contribution in [2.24, 2.45) is 5.92 Å². The van der Waals surface area contributed by atoms with E-state index in [4.69, 9.17) is 0 Å². The molecule has 1 unspecified atom stereocenters. The summed E-state index contributed by atoms with van der Waals surface area (Å²) in [4.78, 5) is 0. The van der Waals surface area contributed by atoms with E-state index in [1.165, 1.54) is 13.0 Å². The first-order chi connectivity index (χ1) is 4.99. The normalized spacial score (nSPS) is 14.5. The lowest BCUT2D eigenvalue weighted by Crippen LogP contribution is -2.38. The van der Waals surface area contributed by atoms with Crippen LogP contribution in [0.25, 0.3) is 0 Å². The van der Waals surface area contributed by atoms with E-state index in [0.29, 0.717) is 0 Å². The zero-order valence-electron chi connectivity index (χ0n) is 8.43. The van der Waals surface area contributed by atoms with E-state index >= 15 is 0 Å². The van der Waals surface area contributed by atoms with Gasteiger partial charge in [-0.3, -0.25) is 0 Å². The first kappa shape index (κ1) is 10.7. The van der Waals surface area contributed by atoms with Gasteiger partial charge >= 0.3 is 0 Å². The second kappa shape index (κ2) is 4.55. The van der Waals surface area contributed by atoms with Crippen LogP contribution in [0.1, 0.15) is 19.8 Å². The molecule has 0 saturated carbocycles. The van der Waals surface area contributed by atoms with Crippen LogP contribution in [0.3, 0.4) is 0 Å². The quantitative estimate of drug-likeness (QED) is 0.423. The van der Waals surface area contributed by atoms with Crippen LogP contribution in [0.15, 0.2) is 12.7 Å². The van der Waals surface area contributed by atoms with Gasteiger partial charge in [0.2, 0.25) is 0 Å². The molecule has 0 aliphatic carbocycles. The summed E-state index contributed by atoms with van der Waals surface area (Å²) in [6.45, 7) is 7.28. The van der Waals surface area contributed by atoms with E-state index in [2.05, 4.69) is 34.6 Å². The maximum atomic E-state index is 3.77. The second-order valence-electron chi connectivity index (χ2n) is 4.27. The first-order valence-electron chi connectivity index (χ1n) is 4.41. The van der Waals surface area contributed by atoms with E-state index in [1.54, 1.807) is 0 Å². The maximum absolute atomic E-state index is 3.77. The first-order valence-corrected chi connectivity index (χ1v) is 4.41. The molecular weight excluding hydrogens is 134 g/mol. The Morgan fingerprint density at radius 1 is 1.36 bits per heavy atom. The fourth-order valence-corrected chi connectivity index (χ4v) is 1.38. The molecule has 0 fully saturated rings. The predicted molar refractivity (Wildman–Crippen MR) is 51.5 cm³/mol. The van der Waals surface area contributed by atoms with E-state index in [1.807, 2.05) is 6.08 Å². The number of quaternary nitrogens is 1. The molecule has 1 atom stereocenters. The van der Waals surface area contributed by atoms with Gasteiger partial charge in [0.1, 0.15) is 0 Å². The second-order valence-corrected chi connectivity index (χ2v) is 4.27. The molecule has 0 bridgehead atoms. The van der Waals surface area contributed by atoms with Gasteiger partial charge in [-0.1, -0.05) is 13.0 Å². The lowest BCUT2D eigenvalue weighted by atomic mass is 10.0. The Morgan fingerprint density at radius 2 is 1.91 bits per heavy atom. The Bertz CT molecular complexity index is 111. The topological polar surface area (TPSA) is 0 Å². The fraction of sp³-hybridized carbons (Fsp3) is 0.800. The molecule has 0 aliphatic rings. The molecule has 1 heteroatoms. The SMILES string of the molecule is C=CCC(CC)C[N+](C)(C)C. The van der Waals surface area contributed by atoms with Gasteiger partial charge in [-0.05, 0) is 12.8 Å². The highest BCUT2D eigenvalue weighted by molar-refractivity contribution is 4.71. The minimum Gasteiger partial charge on any atom is -0.331 e. The monoisotopic (exact) mass is 156 g/mol. The minimum atomic E-state index is 0.812. The van der Waals surface area contributed by atoms with Crippen molar-refractivity contribution in [2.75, 3.05) is 27.7 Å². The molecule has 0 heterocycles. The van der Waals surface area contributed by atoms with Crippen molar-refractivity contribution in [1.29, 1.82) is 0 Å². The summed E-state index contributed by atoms with van der Waals surface area (Å²) >= 11 is 0. The molecule has 0 aromatic heterocycles. The summed E-state index contributed by atoms with van der Waals surface area (Å²) in [5.74, 6) is 0.812. The summed E-state index contributed by atoms with van der Waals surface area (Å²) in [7, 11) is 6.73. The van der Waals surface area contributed by atoms with E-state index in [0.717, 1.165) is 16.8 Å². The summed E-state index contributed by atoms with van der Waals surface area (Å²) in [6.07, 6.45) is 4.46. The number of rotatable bonds is 5. The van der Waals surface area contributed by atoms with Crippen LogP contribution >= 0.6 is 0 Å². The Balaban J connectivity index is 3.77. The van der Waals surface area contributed by atoms with Gasteiger partial charge in [0.25, 0.3) is 0 Å². The lowest BCUT2D eigenvalue weighted by molar-refractivity contribution is -0.873. The Labute approximate surface area is 71.3 Å². The largest absolute Gasteiger partial charge is 0.331 e. The molecule has 0 aromatic carbocycles. The van der Waals surface area contributed by atoms with Crippen molar-refractivity contribution < 1.29 is 4.48 Å². The summed E-state index contributed by atoms with van der Waals surface area (Å²) in [5.41, 5.74) is 0. The Kier molecular flexibility index (Phi) is 4.43. The van der Waals surface area contributed by atoms with Crippen LogP contribution < -0.4 is 0 Å². The molecule has 0 saturated heterocycles. The van der Waals surface area contributed by atoms with E-state index in [-0.39, 0.29) is 0 Å². The third kappa shape index (κ3) is 6.11. The summed E-state index contributed by atoms with van der Waals surface area (Å²) in [6, 6.07) is 0. The molecule has 0 radical (unpaired) electrons. The Morgan fingerprint density at radius 3 is 2.18 bits per heavy atom. The van der Waals surface area contributed by atoms with E-state index in [9.17, 15) is 0 Å². The fourth-order valence-electron chi connectivity index (χ4n) is 1.38. The summed E-state index contributed by atoms with van der Waals surface area (Å²) in [5, 5.41) is 0. The zero-order valence-corrected chi connectivity index (χ0v) is 8.43. The zero-order chi connectivity index (χ0) is 8.91. The van der Waals surface area contributed by atoms with Gasteiger partial charge in [0.15, 0.2) is 0 Å². The third-order valence-corrected chi connectivity index (χ3v) is 1.88. The van der Waals surface area contributed by atoms with Crippen molar-refractivity contribution in [3.63, 3.8) is 0 Å². The highest BCUT2D eigenvalue weighted by Gasteiger charge is 2.14. The van der Waals surface area contributed by atoms with Gasteiger partial charge < -0.3 is 4.48 Å². The molecule has 1 nitrogen and oxygen atoms in total. The number of nitrogens with zero attached hydrogens (tertiary/aromatic N) is 1. The molecule has 66 valence electrons. The summed E-state index contributed by atoms with van der Waals surface area (Å²) < 4.78 is 1.06. The molecule has 0 amide bonds. The van der Waals surface area contributed by atoms with Crippen molar-refractivity contribution in [3.05, 3.63) is 12.7 Å². The molecule has 11 heavy (non-hydrogen) atoms. The van der Waals surface area contributed by atoms with Crippen LogP contribution in [0, 0.1) is 5.92 Å². The number of allylic oxidation sites excluding steroid dienone is 1. The van der Waals surface area contributed by atoms with Crippen LogP contribution in [0.4, 0.5) is 0 Å². The smallest absolute Gasteiger partial charge is 0.0811 e. The average molecular weight is 156 g/mol. The molecule has 0 spiro atoms. The average Bonchev–Trinajstić information content (AvgIpc) is 1.84. The van der Waals surface area contributed by atoms with Crippen LogP contribution in [-0.4, -0.2) is 32.2 Å². The molecule has 0 rings (SSSR count). The van der Waals surface area contributed by atoms with Gasteiger partial charge in [-0.2, -0.15) is 0 Å². The minimum absolute atomic E-state index is 0.812. The maximum Gasteiger partial charge on any atom is 0.0811 e. The van der Waals surface area contributed by atoms with Crippen LogP contribution in [-0.2, 0) is 0 Å². The van der Waals surface area contributed by atoms with Gasteiger partial charge in [-0.15, -0.1) is 6.58 Å². The molecule has 0 aliphatic heterocycles. The van der Waals surface area contributed by atoms with Gasteiger partial charge in [-0.25, -0.2) is 0 Å². The highest BCUT2D eigenvalue weighted by Crippen LogP contribution is 2.11. The molecule has 0 N–H and O–H groups in total. The van der Waals surface area contributed by atoms with Crippen molar-refractivity contribution in [3.8, 4) is 0 Å². The highest BCUT2D eigenvalue weighted by atomic mass is 15.3. The standard InChI is InChI=1S/C10H22N/c1-6-8-10(7-2)9-11(3,4)5/h6,10H,1,7-9H2,2-5H3/q+1. The van der Waals surface area contributed by atoms with Gasteiger partial charge in [0.05, 0.1) is 27.7 Å². The van der Waals surface area contributed by atoms with E-state index < -0.39 is 0 Å². The predicted octanol–water partition coefficient (Wildman–Crippen LogP) is 2.29.